The summed E-state index contributed by atoms with van der Waals surface area (Å²) in [5, 5.41) is 8.93. The quantitative estimate of drug-likeness (QED) is 0.556. The van der Waals surface area contributed by atoms with E-state index in [1.165, 1.54) is 6.20 Å². The maximum absolute atomic E-state index is 8.93. The molecular formula is C8H12BNO. The van der Waals surface area contributed by atoms with Gasteiger partial charge < -0.3 is 5.11 Å². The standard InChI is InChI=1S/C6H6BNO.C2H6/c1-4-2-6(7)8-3-5(4)9;1-2/h2-3,9H,1H3;1-2H3. The summed E-state index contributed by atoms with van der Waals surface area (Å²) in [6.45, 7) is 5.77. The Balaban J connectivity index is 0.000000461. The van der Waals surface area contributed by atoms with Crippen LogP contribution in [0.5, 0.6) is 5.75 Å². The summed E-state index contributed by atoms with van der Waals surface area (Å²) in [5.41, 5.74) is 1.19. The van der Waals surface area contributed by atoms with Gasteiger partial charge in [-0.3, -0.25) is 4.98 Å². The second-order valence-corrected chi connectivity index (χ2v) is 1.90. The first-order chi connectivity index (χ1) is 5.20. The molecule has 0 fully saturated rings. The lowest BCUT2D eigenvalue weighted by Gasteiger charge is -1.96. The molecule has 0 unspecified atom stereocenters. The highest BCUT2D eigenvalue weighted by Crippen LogP contribution is 2.09. The molecule has 2 radical (unpaired) electrons. The fraction of sp³-hybridized carbons (Fsp3) is 0.375. The third kappa shape index (κ3) is 3.07. The molecule has 1 N–H and O–H groups in total. The summed E-state index contributed by atoms with van der Waals surface area (Å²) in [5.74, 6) is 0.184. The van der Waals surface area contributed by atoms with Crippen molar-refractivity contribution in [3.63, 3.8) is 0 Å². The SMILES string of the molecule is CC.[B]c1cc(C)c(O)cn1. The molecule has 1 aromatic rings. The van der Waals surface area contributed by atoms with Crippen LogP contribution in [0.3, 0.4) is 0 Å². The van der Waals surface area contributed by atoms with Gasteiger partial charge in [0.15, 0.2) is 0 Å². The van der Waals surface area contributed by atoms with E-state index in [0.717, 1.165) is 5.56 Å². The predicted octanol–water partition coefficient (Wildman–Crippen LogP) is 0.916. The Bertz CT molecular complexity index is 225. The molecule has 0 saturated carbocycles. The zero-order valence-corrected chi connectivity index (χ0v) is 7.13. The van der Waals surface area contributed by atoms with Gasteiger partial charge in [0.2, 0.25) is 0 Å². The Labute approximate surface area is 68.7 Å². The number of hydrogen-bond acceptors (Lipinski definition) is 2. The number of nitrogens with zero attached hydrogens (tertiary/aromatic N) is 1. The second kappa shape index (κ2) is 4.77. The molecule has 0 saturated heterocycles. The lowest BCUT2D eigenvalue weighted by molar-refractivity contribution is 0.469. The molecule has 0 aliphatic heterocycles. The van der Waals surface area contributed by atoms with Crippen molar-refractivity contribution in [3.8, 4) is 5.75 Å². The van der Waals surface area contributed by atoms with Crippen molar-refractivity contribution in [3.05, 3.63) is 17.8 Å². The van der Waals surface area contributed by atoms with Gasteiger partial charge in [0, 0.05) is 0 Å². The summed E-state index contributed by atoms with van der Waals surface area (Å²) in [7, 11) is 5.31. The van der Waals surface area contributed by atoms with Crippen LogP contribution in [-0.2, 0) is 0 Å². The van der Waals surface area contributed by atoms with Gasteiger partial charge in [-0.15, -0.1) is 0 Å². The van der Waals surface area contributed by atoms with Gasteiger partial charge in [-0.05, 0) is 24.1 Å². The van der Waals surface area contributed by atoms with E-state index < -0.39 is 0 Å². The molecule has 2 nitrogen and oxygen atoms in total. The largest absolute Gasteiger partial charge is 0.506 e. The summed E-state index contributed by atoms with van der Waals surface area (Å²) in [4.78, 5) is 3.67. The molecule has 0 bridgehead atoms. The maximum Gasteiger partial charge on any atom is 0.141 e. The summed E-state index contributed by atoms with van der Waals surface area (Å²) in [6, 6.07) is 1.62. The molecule has 0 aromatic carbocycles. The number of pyridine rings is 1. The molecule has 0 spiro atoms. The van der Waals surface area contributed by atoms with Crippen molar-refractivity contribution in [2.75, 3.05) is 0 Å². The Morgan fingerprint density at radius 2 is 2.00 bits per heavy atom. The minimum absolute atomic E-state index is 0.184. The fourth-order valence-electron chi connectivity index (χ4n) is 0.571. The van der Waals surface area contributed by atoms with E-state index >= 15 is 0 Å². The average Bonchev–Trinajstić information content (AvgIpc) is 2.02. The van der Waals surface area contributed by atoms with Crippen molar-refractivity contribution in [2.45, 2.75) is 20.8 Å². The molecule has 0 aliphatic carbocycles. The van der Waals surface area contributed by atoms with Crippen LogP contribution in [0.15, 0.2) is 12.3 Å². The van der Waals surface area contributed by atoms with Crippen LogP contribution in [0, 0.1) is 6.92 Å². The number of aromatic nitrogens is 1. The van der Waals surface area contributed by atoms with Crippen LogP contribution in [0.4, 0.5) is 0 Å². The number of aromatic hydroxyl groups is 1. The Morgan fingerprint density at radius 1 is 1.45 bits per heavy atom. The van der Waals surface area contributed by atoms with E-state index in [9.17, 15) is 0 Å². The summed E-state index contributed by atoms with van der Waals surface area (Å²) in [6.07, 6.45) is 1.34. The van der Waals surface area contributed by atoms with Crippen LogP contribution < -0.4 is 5.59 Å². The van der Waals surface area contributed by atoms with Crippen LogP contribution in [-0.4, -0.2) is 17.9 Å². The number of hydrogen-bond donors (Lipinski definition) is 1. The highest BCUT2D eigenvalue weighted by molar-refractivity contribution is 6.30. The van der Waals surface area contributed by atoms with Gasteiger partial charge in [-0.25, -0.2) is 0 Å². The van der Waals surface area contributed by atoms with Gasteiger partial charge in [0.05, 0.1) is 6.20 Å². The zero-order chi connectivity index (χ0) is 8.85. The molecule has 1 rings (SSSR count). The molecule has 3 heteroatoms. The predicted molar refractivity (Wildman–Crippen MR) is 47.4 cm³/mol. The smallest absolute Gasteiger partial charge is 0.141 e. The minimum Gasteiger partial charge on any atom is -0.506 e. The first-order valence-electron chi connectivity index (χ1n) is 3.61. The van der Waals surface area contributed by atoms with Crippen molar-refractivity contribution in [1.82, 2.24) is 4.98 Å². The summed E-state index contributed by atoms with van der Waals surface area (Å²) >= 11 is 0. The lowest BCUT2D eigenvalue weighted by atomic mass is 10.0. The number of rotatable bonds is 0. The molecule has 11 heavy (non-hydrogen) atoms. The first kappa shape index (κ1) is 10.0. The van der Waals surface area contributed by atoms with Gasteiger partial charge in [-0.1, -0.05) is 13.8 Å². The van der Waals surface area contributed by atoms with Crippen molar-refractivity contribution in [1.29, 1.82) is 0 Å². The summed E-state index contributed by atoms with van der Waals surface area (Å²) < 4.78 is 0. The van der Waals surface area contributed by atoms with Crippen molar-refractivity contribution in [2.24, 2.45) is 0 Å². The van der Waals surface area contributed by atoms with Crippen LogP contribution in [0.1, 0.15) is 19.4 Å². The van der Waals surface area contributed by atoms with Crippen LogP contribution >= 0.6 is 0 Å². The van der Waals surface area contributed by atoms with Gasteiger partial charge >= 0.3 is 0 Å². The fourth-order valence-corrected chi connectivity index (χ4v) is 0.571. The third-order valence-corrected chi connectivity index (χ3v) is 1.10. The van der Waals surface area contributed by atoms with Crippen molar-refractivity contribution >= 4 is 13.4 Å². The van der Waals surface area contributed by atoms with Crippen LogP contribution in [0.25, 0.3) is 0 Å². The first-order valence-corrected chi connectivity index (χ1v) is 3.61. The van der Waals surface area contributed by atoms with Gasteiger partial charge in [-0.2, -0.15) is 0 Å². The molecule has 0 atom stereocenters. The molecule has 1 aromatic heterocycles. The maximum atomic E-state index is 8.93. The Kier molecular flexibility index (Phi) is 4.35. The average molecular weight is 149 g/mol. The Morgan fingerprint density at radius 3 is 2.36 bits per heavy atom. The van der Waals surface area contributed by atoms with E-state index in [1.54, 1.807) is 13.0 Å². The van der Waals surface area contributed by atoms with Gasteiger partial charge in [0.1, 0.15) is 13.6 Å². The molecule has 0 amide bonds. The molecular weight excluding hydrogens is 137 g/mol. The molecule has 1 heterocycles. The van der Waals surface area contributed by atoms with E-state index in [0.29, 0.717) is 5.59 Å². The van der Waals surface area contributed by atoms with Crippen LogP contribution in [0.2, 0.25) is 0 Å². The van der Waals surface area contributed by atoms with Crippen molar-refractivity contribution < 1.29 is 5.11 Å². The van der Waals surface area contributed by atoms with Gasteiger partial charge in [0.25, 0.3) is 0 Å². The molecule has 58 valence electrons. The highest BCUT2D eigenvalue weighted by Gasteiger charge is 1.92. The normalized spacial score (nSPS) is 8.27. The van der Waals surface area contributed by atoms with E-state index in [-0.39, 0.29) is 5.75 Å². The highest BCUT2D eigenvalue weighted by atomic mass is 16.3. The Hall–Kier alpha value is -0.985. The molecule has 0 aliphatic rings. The van der Waals surface area contributed by atoms with E-state index in [4.69, 9.17) is 13.0 Å². The third-order valence-electron chi connectivity index (χ3n) is 1.10. The second-order valence-electron chi connectivity index (χ2n) is 1.90. The minimum atomic E-state index is 0.184. The van der Waals surface area contributed by atoms with E-state index in [1.807, 2.05) is 13.8 Å². The topological polar surface area (TPSA) is 33.1 Å². The number of aryl methyl sites for hydroxylation is 1. The lowest BCUT2D eigenvalue weighted by Crippen LogP contribution is -2.06. The monoisotopic (exact) mass is 149 g/mol. The zero-order valence-electron chi connectivity index (χ0n) is 7.13. The van der Waals surface area contributed by atoms with E-state index in [2.05, 4.69) is 4.98 Å².